The lowest BCUT2D eigenvalue weighted by Crippen LogP contribution is -2.21. The molecule has 3 rings (SSSR count). The van der Waals surface area contributed by atoms with Gasteiger partial charge in [0.15, 0.2) is 23.1 Å². The Kier molecular flexibility index (Phi) is 5.52. The second-order valence-corrected chi connectivity index (χ2v) is 6.18. The van der Waals surface area contributed by atoms with Crippen LogP contribution in [0.2, 0.25) is 0 Å². The van der Waals surface area contributed by atoms with Gasteiger partial charge in [-0.25, -0.2) is 9.98 Å². The van der Waals surface area contributed by atoms with Crippen LogP contribution in [-0.4, -0.2) is 57.9 Å². The predicted octanol–water partition coefficient (Wildman–Crippen LogP) is 1.58. The van der Waals surface area contributed by atoms with Crippen molar-refractivity contribution in [3.63, 3.8) is 0 Å². The molecule has 1 aromatic carbocycles. The van der Waals surface area contributed by atoms with E-state index in [1.807, 2.05) is 5.32 Å². The van der Waals surface area contributed by atoms with Gasteiger partial charge >= 0.3 is 0 Å². The number of amidine groups is 1. The topological polar surface area (TPSA) is 140 Å². The minimum atomic E-state index is -2.71. The summed E-state index contributed by atoms with van der Waals surface area (Å²) < 4.78 is 29.1. The average Bonchev–Trinajstić information content (AvgIpc) is 3.18. The van der Waals surface area contributed by atoms with Crippen LogP contribution < -0.4 is 20.9 Å². The molecule has 0 unspecified atom stereocenters. The molecular weight excluding hydrogens is 402 g/mol. The first-order valence-corrected chi connectivity index (χ1v) is 8.96. The normalized spacial score (nSPS) is 13.0. The Morgan fingerprint density at radius 1 is 1.26 bits per heavy atom. The standard InChI is InChI=1S/C19H23N9O3/c1-11(27-31-5)22-15-9-14(16(25-24-15)19(29)20-2)23-13-8-6-7-12(17(13)30-4)18-21-10-28(3)26-18/h6-10H,1-5H3,(H,20,29)(H2,22,23,24,27)/i2D3. The zero-order valence-electron chi connectivity index (χ0n) is 20.3. The van der Waals surface area contributed by atoms with Gasteiger partial charge in [0.1, 0.15) is 12.2 Å². The van der Waals surface area contributed by atoms with Crippen LogP contribution >= 0.6 is 0 Å². The van der Waals surface area contributed by atoms with E-state index in [4.69, 9.17) is 13.7 Å². The number of nitrogens with one attached hydrogen (secondary N) is 3. The van der Waals surface area contributed by atoms with Crippen LogP contribution in [0.1, 0.15) is 21.5 Å². The summed E-state index contributed by atoms with van der Waals surface area (Å²) in [7, 11) is 4.65. The highest BCUT2D eigenvalue weighted by molar-refractivity contribution is 5.99. The van der Waals surface area contributed by atoms with Crippen molar-refractivity contribution >= 4 is 28.9 Å². The fourth-order valence-electron chi connectivity index (χ4n) is 2.74. The van der Waals surface area contributed by atoms with E-state index in [2.05, 4.69) is 36.1 Å². The quantitative estimate of drug-likeness (QED) is 0.291. The van der Waals surface area contributed by atoms with E-state index in [0.29, 0.717) is 28.7 Å². The Bertz CT molecular complexity index is 1210. The number of hydrogen-bond donors (Lipinski definition) is 3. The van der Waals surface area contributed by atoms with E-state index in [9.17, 15) is 4.79 Å². The predicted molar refractivity (Wildman–Crippen MR) is 115 cm³/mol. The summed E-state index contributed by atoms with van der Waals surface area (Å²) in [6, 6.07) is 6.67. The summed E-state index contributed by atoms with van der Waals surface area (Å²) in [5.41, 5.74) is 3.49. The lowest BCUT2D eigenvalue weighted by molar-refractivity contribution is 0.0958. The molecule has 0 aliphatic carbocycles. The van der Waals surface area contributed by atoms with Crippen molar-refractivity contribution in [2.45, 2.75) is 6.92 Å². The molecule has 162 valence electrons. The number of methoxy groups -OCH3 is 1. The Balaban J connectivity index is 2.08. The van der Waals surface area contributed by atoms with Gasteiger partial charge in [-0.2, -0.15) is 5.10 Å². The van der Waals surface area contributed by atoms with E-state index in [0.717, 1.165) is 0 Å². The maximum Gasteiger partial charge on any atom is 0.273 e. The molecule has 0 atom stereocenters. The number of para-hydroxylation sites is 1. The minimum Gasteiger partial charge on any atom is -0.494 e. The van der Waals surface area contributed by atoms with Gasteiger partial charge in [0.25, 0.3) is 5.91 Å². The molecule has 3 N–H and O–H groups in total. The molecular formula is C19H23N9O3. The summed E-state index contributed by atoms with van der Waals surface area (Å²) in [6.07, 6.45) is 1.56. The number of hydrogen-bond acceptors (Lipinski definition) is 9. The molecule has 12 heteroatoms. The molecule has 0 saturated carbocycles. The number of hydroxylamine groups is 1. The van der Waals surface area contributed by atoms with Crippen LogP contribution in [-0.2, 0) is 11.9 Å². The fraction of sp³-hybridized carbons (Fsp3) is 0.263. The van der Waals surface area contributed by atoms with Gasteiger partial charge in [0, 0.05) is 24.2 Å². The largest absolute Gasteiger partial charge is 0.494 e. The smallest absolute Gasteiger partial charge is 0.273 e. The highest BCUT2D eigenvalue weighted by Gasteiger charge is 2.19. The Morgan fingerprint density at radius 3 is 2.77 bits per heavy atom. The highest BCUT2D eigenvalue weighted by Crippen LogP contribution is 2.37. The molecule has 0 saturated heterocycles. The molecule has 0 aliphatic heterocycles. The molecule has 0 fully saturated rings. The van der Waals surface area contributed by atoms with Gasteiger partial charge in [0.05, 0.1) is 31.2 Å². The third-order valence-corrected chi connectivity index (χ3v) is 3.97. The Morgan fingerprint density at radius 2 is 2.10 bits per heavy atom. The second-order valence-electron chi connectivity index (χ2n) is 6.18. The third-order valence-electron chi connectivity index (χ3n) is 3.97. The fourth-order valence-corrected chi connectivity index (χ4v) is 2.74. The molecule has 0 spiro atoms. The molecule has 31 heavy (non-hydrogen) atoms. The van der Waals surface area contributed by atoms with Crippen molar-refractivity contribution in [1.29, 1.82) is 0 Å². The van der Waals surface area contributed by atoms with Crippen molar-refractivity contribution in [1.82, 2.24) is 35.8 Å². The van der Waals surface area contributed by atoms with Crippen LogP contribution in [0.3, 0.4) is 0 Å². The Hall–Kier alpha value is -4.06. The average molecular weight is 428 g/mol. The van der Waals surface area contributed by atoms with Crippen LogP contribution in [0, 0.1) is 0 Å². The van der Waals surface area contributed by atoms with Crippen molar-refractivity contribution in [3.05, 3.63) is 36.3 Å². The zero-order valence-corrected chi connectivity index (χ0v) is 17.3. The molecule has 12 nitrogen and oxygen atoms in total. The molecule has 0 bridgehead atoms. The summed E-state index contributed by atoms with van der Waals surface area (Å²) in [5, 5.41) is 17.1. The zero-order chi connectivity index (χ0) is 24.9. The molecule has 3 aromatic rings. The number of rotatable bonds is 7. The van der Waals surface area contributed by atoms with Crippen LogP contribution in [0.25, 0.3) is 11.4 Å². The highest BCUT2D eigenvalue weighted by atomic mass is 16.6. The van der Waals surface area contributed by atoms with Gasteiger partial charge in [0.2, 0.25) is 0 Å². The number of nitrogens with zero attached hydrogens (tertiary/aromatic N) is 6. The van der Waals surface area contributed by atoms with Gasteiger partial charge in [-0.15, -0.1) is 10.2 Å². The molecule has 0 aliphatic rings. The Labute approximate surface area is 182 Å². The van der Waals surface area contributed by atoms with E-state index in [-0.39, 0.29) is 17.2 Å². The number of aryl methyl sites for hydroxylation is 1. The van der Waals surface area contributed by atoms with E-state index < -0.39 is 12.9 Å². The number of aromatic nitrogens is 5. The molecule has 0 radical (unpaired) electrons. The maximum absolute atomic E-state index is 12.6. The second kappa shape index (κ2) is 9.63. The number of carbonyl (C=O) groups excluding carboxylic acids is 1. The van der Waals surface area contributed by atoms with E-state index >= 15 is 0 Å². The molecule has 2 heterocycles. The minimum absolute atomic E-state index is 0.136. The van der Waals surface area contributed by atoms with Gasteiger partial charge in [-0.1, -0.05) is 6.07 Å². The first kappa shape index (κ1) is 17.8. The first-order chi connectivity index (χ1) is 16.1. The number of amides is 1. The lowest BCUT2D eigenvalue weighted by Gasteiger charge is -2.15. The maximum atomic E-state index is 12.6. The number of aliphatic imine (C=N–C) groups is 1. The SMILES string of the molecule is [2H]C([2H])([2H])NC(=O)c1nnc(N=C(C)NOC)cc1Nc1cccc(-c2ncn(C)n2)c1OC. The van der Waals surface area contributed by atoms with Crippen LogP contribution in [0.15, 0.2) is 35.6 Å². The monoisotopic (exact) mass is 428 g/mol. The van der Waals surface area contributed by atoms with Gasteiger partial charge in [-0.3, -0.25) is 19.8 Å². The lowest BCUT2D eigenvalue weighted by atomic mass is 10.1. The van der Waals surface area contributed by atoms with Crippen LogP contribution in [0.5, 0.6) is 5.75 Å². The summed E-state index contributed by atoms with van der Waals surface area (Å²) in [5.74, 6) is 0.399. The summed E-state index contributed by atoms with van der Waals surface area (Å²) >= 11 is 0. The van der Waals surface area contributed by atoms with Crippen molar-refractivity contribution in [2.24, 2.45) is 12.0 Å². The van der Waals surface area contributed by atoms with Crippen molar-refractivity contribution < 1.29 is 18.5 Å². The molecule has 1 amide bonds. The molecule has 2 aromatic heterocycles. The first-order valence-electron chi connectivity index (χ1n) is 10.5. The van der Waals surface area contributed by atoms with Crippen LogP contribution in [0.4, 0.5) is 17.2 Å². The third kappa shape index (κ3) is 4.93. The van der Waals surface area contributed by atoms with E-state index in [1.165, 1.54) is 20.3 Å². The number of carbonyl (C=O) groups is 1. The number of anilines is 2. The van der Waals surface area contributed by atoms with E-state index in [1.54, 1.807) is 43.2 Å². The summed E-state index contributed by atoms with van der Waals surface area (Å²) in [6.45, 7) is -1.08. The van der Waals surface area contributed by atoms with Crippen molar-refractivity contribution in [2.75, 3.05) is 26.5 Å². The van der Waals surface area contributed by atoms with Gasteiger partial charge in [-0.05, 0) is 19.1 Å². The van der Waals surface area contributed by atoms with Crippen molar-refractivity contribution in [3.8, 4) is 17.1 Å². The number of benzene rings is 1. The summed E-state index contributed by atoms with van der Waals surface area (Å²) in [4.78, 5) is 25.9. The number of ether oxygens (including phenoxy) is 1. The van der Waals surface area contributed by atoms with Gasteiger partial charge < -0.3 is 15.4 Å².